The van der Waals surface area contributed by atoms with Gasteiger partial charge in [0, 0.05) is 54.8 Å². The Morgan fingerprint density at radius 1 is 1.33 bits per heavy atom. The zero-order chi connectivity index (χ0) is 14.2. The minimum Gasteiger partial charge on any atom is -0.297 e. The molecular weight excluding hydrogens is 284 g/mol. The summed E-state index contributed by atoms with van der Waals surface area (Å²) in [4.78, 5) is 19.9. The van der Waals surface area contributed by atoms with Gasteiger partial charge in [0.15, 0.2) is 0 Å². The summed E-state index contributed by atoms with van der Waals surface area (Å²) in [7, 11) is 0. The van der Waals surface area contributed by atoms with Crippen LogP contribution < -0.4 is 5.56 Å². The molecule has 0 aromatic carbocycles. The Balaban J connectivity index is 1.29. The number of likely N-dealkylation sites (tertiary alicyclic amines) is 1. The van der Waals surface area contributed by atoms with Gasteiger partial charge in [-0.05, 0) is 18.9 Å². The van der Waals surface area contributed by atoms with Crippen LogP contribution in [0.2, 0.25) is 0 Å². The summed E-state index contributed by atoms with van der Waals surface area (Å²) in [5, 5.41) is 5.44. The van der Waals surface area contributed by atoms with Crippen molar-refractivity contribution in [2.24, 2.45) is 5.92 Å². The summed E-state index contributed by atoms with van der Waals surface area (Å²) < 4.78 is 1.57. The lowest BCUT2D eigenvalue weighted by molar-refractivity contribution is 0.0776. The topological polar surface area (TPSA) is 51.0 Å². The average Bonchev–Trinajstić information content (AvgIpc) is 3.19. The second-order valence-corrected chi connectivity index (χ2v) is 7.19. The zero-order valence-corrected chi connectivity index (χ0v) is 12.6. The van der Waals surface area contributed by atoms with E-state index in [1.807, 2.05) is 17.5 Å². The van der Waals surface area contributed by atoms with E-state index in [0.717, 1.165) is 32.1 Å². The molecule has 0 N–H and O–H groups in total. The molecular formula is C15H18N4OS. The number of thiazole rings is 1. The Labute approximate surface area is 127 Å². The number of hydrogen-bond acceptors (Lipinski definition) is 5. The monoisotopic (exact) mass is 302 g/mol. The van der Waals surface area contributed by atoms with Crippen molar-refractivity contribution in [1.82, 2.24) is 19.7 Å². The summed E-state index contributed by atoms with van der Waals surface area (Å²) in [6, 6.07) is 3.26. The van der Waals surface area contributed by atoms with Gasteiger partial charge in [0.2, 0.25) is 0 Å². The molecule has 2 aliphatic rings. The molecule has 0 spiro atoms. The van der Waals surface area contributed by atoms with Crippen LogP contribution in [0, 0.1) is 5.92 Å². The fourth-order valence-corrected chi connectivity index (χ4v) is 3.95. The van der Waals surface area contributed by atoms with Crippen LogP contribution in [0.25, 0.3) is 0 Å². The van der Waals surface area contributed by atoms with E-state index in [9.17, 15) is 4.79 Å². The van der Waals surface area contributed by atoms with E-state index >= 15 is 0 Å². The second kappa shape index (κ2) is 5.35. The lowest BCUT2D eigenvalue weighted by atomic mass is 10.0. The molecule has 4 rings (SSSR count). The zero-order valence-electron chi connectivity index (χ0n) is 11.8. The van der Waals surface area contributed by atoms with E-state index in [0.29, 0.717) is 5.92 Å². The molecule has 1 saturated heterocycles. The number of aromatic nitrogens is 3. The first-order chi connectivity index (χ1) is 10.3. The van der Waals surface area contributed by atoms with Gasteiger partial charge in [-0.15, -0.1) is 11.3 Å². The van der Waals surface area contributed by atoms with Crippen molar-refractivity contribution in [3.05, 3.63) is 44.8 Å². The van der Waals surface area contributed by atoms with Crippen molar-refractivity contribution >= 4 is 11.3 Å². The van der Waals surface area contributed by atoms with Crippen LogP contribution in [0.5, 0.6) is 0 Å². The Bertz CT molecular complexity index is 685. The molecule has 0 radical (unpaired) electrons. The molecule has 0 unspecified atom stereocenters. The van der Waals surface area contributed by atoms with E-state index in [2.05, 4.69) is 15.0 Å². The van der Waals surface area contributed by atoms with Crippen molar-refractivity contribution in [3.8, 4) is 0 Å². The van der Waals surface area contributed by atoms with Crippen LogP contribution in [0.15, 0.2) is 29.3 Å². The molecule has 0 bridgehead atoms. The fourth-order valence-electron chi connectivity index (χ4n) is 2.83. The molecule has 2 aromatic rings. The van der Waals surface area contributed by atoms with E-state index in [-0.39, 0.29) is 5.56 Å². The van der Waals surface area contributed by atoms with Gasteiger partial charge in [-0.25, -0.2) is 9.67 Å². The molecule has 0 amide bonds. The van der Waals surface area contributed by atoms with E-state index < -0.39 is 0 Å². The smallest absolute Gasteiger partial charge is 0.266 e. The normalized spacial score (nSPS) is 19.6. The third-order valence-electron chi connectivity index (χ3n) is 4.13. The first-order valence-electron chi connectivity index (χ1n) is 7.47. The molecule has 1 aliphatic heterocycles. The largest absolute Gasteiger partial charge is 0.297 e. The highest BCUT2D eigenvalue weighted by Gasteiger charge is 2.29. The Morgan fingerprint density at radius 2 is 2.19 bits per heavy atom. The SMILES string of the molecule is O=c1cccnn1CC1CN(Cc2cnc(C3CC3)s2)C1. The first kappa shape index (κ1) is 13.2. The predicted octanol–water partition coefficient (Wildman–Crippen LogP) is 1.71. The van der Waals surface area contributed by atoms with Crippen molar-refractivity contribution in [3.63, 3.8) is 0 Å². The van der Waals surface area contributed by atoms with Gasteiger partial charge in [0.05, 0.1) is 11.6 Å². The molecule has 5 nitrogen and oxygen atoms in total. The third-order valence-corrected chi connectivity index (χ3v) is 5.27. The van der Waals surface area contributed by atoms with Gasteiger partial charge in [0.1, 0.15) is 0 Å². The molecule has 2 aromatic heterocycles. The maximum atomic E-state index is 11.6. The van der Waals surface area contributed by atoms with Gasteiger partial charge in [-0.3, -0.25) is 9.69 Å². The lowest BCUT2D eigenvalue weighted by Crippen LogP contribution is -2.48. The average molecular weight is 302 g/mol. The van der Waals surface area contributed by atoms with Gasteiger partial charge in [0.25, 0.3) is 5.56 Å². The van der Waals surface area contributed by atoms with Crippen molar-refractivity contribution in [1.29, 1.82) is 0 Å². The molecule has 3 heterocycles. The van der Waals surface area contributed by atoms with Crippen LogP contribution in [0.1, 0.15) is 28.6 Å². The standard InChI is InChI=1S/C15H18N4OS/c20-14-2-1-5-17-19(14)9-11-7-18(8-11)10-13-6-16-15(21-13)12-3-4-12/h1-2,5-6,11-12H,3-4,7-10H2. The maximum Gasteiger partial charge on any atom is 0.266 e. The van der Waals surface area contributed by atoms with Crippen LogP contribution in [0.4, 0.5) is 0 Å². The molecule has 2 fully saturated rings. The number of rotatable bonds is 5. The third kappa shape index (κ3) is 2.91. The van der Waals surface area contributed by atoms with Crippen LogP contribution >= 0.6 is 11.3 Å². The van der Waals surface area contributed by atoms with Crippen LogP contribution in [-0.2, 0) is 13.1 Å². The fraction of sp³-hybridized carbons (Fsp3) is 0.533. The highest BCUT2D eigenvalue weighted by atomic mass is 32.1. The van der Waals surface area contributed by atoms with Crippen molar-refractivity contribution < 1.29 is 0 Å². The van der Waals surface area contributed by atoms with Crippen molar-refractivity contribution in [2.45, 2.75) is 31.8 Å². The van der Waals surface area contributed by atoms with Crippen LogP contribution in [-0.4, -0.2) is 32.8 Å². The molecule has 6 heteroatoms. The highest BCUT2D eigenvalue weighted by Crippen LogP contribution is 2.42. The Morgan fingerprint density at radius 3 is 2.95 bits per heavy atom. The molecule has 110 valence electrons. The maximum absolute atomic E-state index is 11.6. The number of hydrogen-bond donors (Lipinski definition) is 0. The van der Waals surface area contributed by atoms with Gasteiger partial charge >= 0.3 is 0 Å². The van der Waals surface area contributed by atoms with Crippen molar-refractivity contribution in [2.75, 3.05) is 13.1 Å². The summed E-state index contributed by atoms with van der Waals surface area (Å²) in [6.45, 7) is 3.81. The molecule has 21 heavy (non-hydrogen) atoms. The minimum absolute atomic E-state index is 0.00696. The quantitative estimate of drug-likeness (QED) is 0.844. The second-order valence-electron chi connectivity index (χ2n) is 6.04. The summed E-state index contributed by atoms with van der Waals surface area (Å²) in [6.07, 6.45) is 6.35. The Kier molecular flexibility index (Phi) is 3.35. The molecule has 1 aliphatic carbocycles. The van der Waals surface area contributed by atoms with E-state index in [4.69, 9.17) is 0 Å². The molecule has 0 atom stereocenters. The summed E-state index contributed by atoms with van der Waals surface area (Å²) in [5.41, 5.74) is -0.00696. The minimum atomic E-state index is -0.00696. The lowest BCUT2D eigenvalue weighted by Gasteiger charge is -2.38. The van der Waals surface area contributed by atoms with E-state index in [1.165, 1.54) is 22.7 Å². The summed E-state index contributed by atoms with van der Waals surface area (Å²) >= 11 is 1.87. The van der Waals surface area contributed by atoms with Crippen LogP contribution in [0.3, 0.4) is 0 Å². The number of nitrogens with zero attached hydrogens (tertiary/aromatic N) is 4. The Hall–Kier alpha value is -1.53. The van der Waals surface area contributed by atoms with Gasteiger partial charge < -0.3 is 0 Å². The van der Waals surface area contributed by atoms with E-state index in [1.54, 1.807) is 23.0 Å². The molecule has 1 saturated carbocycles. The predicted molar refractivity (Wildman–Crippen MR) is 81.4 cm³/mol. The highest BCUT2D eigenvalue weighted by molar-refractivity contribution is 7.11. The van der Waals surface area contributed by atoms with Gasteiger partial charge in [-0.1, -0.05) is 0 Å². The summed E-state index contributed by atoms with van der Waals surface area (Å²) in [5.74, 6) is 1.29. The van der Waals surface area contributed by atoms with Gasteiger partial charge in [-0.2, -0.15) is 5.10 Å². The first-order valence-corrected chi connectivity index (χ1v) is 8.28.